The van der Waals surface area contributed by atoms with Gasteiger partial charge in [0.1, 0.15) is 17.1 Å². The molecule has 2 aromatic carbocycles. The molecule has 1 saturated heterocycles. The number of methoxy groups -OCH3 is 1. The van der Waals surface area contributed by atoms with Crippen molar-refractivity contribution >= 4 is 23.5 Å². The van der Waals surface area contributed by atoms with Crippen molar-refractivity contribution in [3.05, 3.63) is 63.9 Å². The maximum atomic E-state index is 14.1. The van der Waals surface area contributed by atoms with Crippen molar-refractivity contribution in [1.82, 2.24) is 10.2 Å². The highest BCUT2D eigenvalue weighted by Crippen LogP contribution is 2.41. The van der Waals surface area contributed by atoms with Gasteiger partial charge in [0.25, 0.3) is 5.91 Å². The molecule has 0 aromatic heterocycles. The molecule has 1 aliphatic carbocycles. The number of carbonyl (C=O) groups is 2. The molecular formula is C20H18ClFN2O3. The molecule has 3 amide bonds. The third-order valence-corrected chi connectivity index (χ3v) is 5.68. The number of amides is 3. The Balaban J connectivity index is 1.72. The summed E-state index contributed by atoms with van der Waals surface area (Å²) in [5.41, 5.74) is 0.759. The van der Waals surface area contributed by atoms with Gasteiger partial charge in [-0.15, -0.1) is 0 Å². The summed E-state index contributed by atoms with van der Waals surface area (Å²) >= 11 is 6.07. The van der Waals surface area contributed by atoms with E-state index in [9.17, 15) is 14.0 Å². The van der Waals surface area contributed by atoms with Gasteiger partial charge in [0.15, 0.2) is 0 Å². The lowest BCUT2D eigenvalue weighted by molar-refractivity contribution is -0.132. The molecule has 1 aliphatic heterocycles. The van der Waals surface area contributed by atoms with Gasteiger partial charge in [0.05, 0.1) is 13.7 Å². The highest BCUT2D eigenvalue weighted by Gasteiger charge is 2.54. The Labute approximate surface area is 161 Å². The van der Waals surface area contributed by atoms with Crippen molar-refractivity contribution in [2.45, 2.75) is 31.3 Å². The molecule has 7 heteroatoms. The Bertz CT molecular complexity index is 929. The minimum Gasteiger partial charge on any atom is -0.497 e. The molecule has 0 radical (unpaired) electrons. The molecule has 1 atom stereocenters. The summed E-state index contributed by atoms with van der Waals surface area (Å²) in [6.45, 7) is -0.205. The predicted octanol–water partition coefficient (Wildman–Crippen LogP) is 3.77. The zero-order valence-electron chi connectivity index (χ0n) is 14.7. The van der Waals surface area contributed by atoms with Crippen LogP contribution in [0, 0.1) is 5.82 Å². The smallest absolute Gasteiger partial charge is 0.325 e. The van der Waals surface area contributed by atoms with Crippen LogP contribution in [0.25, 0.3) is 0 Å². The number of nitrogens with zero attached hydrogens (tertiary/aromatic N) is 1. The Kier molecular flexibility index (Phi) is 4.30. The standard InChI is InChI=1S/C20H18ClFN2O3/c1-27-13-7-8-15-12(10-13)4-3-9-20(15)18(25)24(19(26)23-20)11-14-16(21)5-2-6-17(14)22/h2,5-8,10H,3-4,9,11H2,1H3,(H,23,26)/t20-/m1/s1. The van der Waals surface area contributed by atoms with Crippen LogP contribution in [-0.4, -0.2) is 23.9 Å². The molecule has 1 fully saturated rings. The fourth-order valence-corrected chi connectivity index (χ4v) is 4.18. The van der Waals surface area contributed by atoms with E-state index in [1.165, 1.54) is 18.2 Å². The molecular weight excluding hydrogens is 371 g/mol. The van der Waals surface area contributed by atoms with E-state index in [0.717, 1.165) is 28.9 Å². The first-order chi connectivity index (χ1) is 13.0. The van der Waals surface area contributed by atoms with Crippen LogP contribution in [-0.2, 0) is 23.3 Å². The molecule has 4 rings (SSSR count). The predicted molar refractivity (Wildman–Crippen MR) is 98.1 cm³/mol. The third kappa shape index (κ3) is 2.75. The quantitative estimate of drug-likeness (QED) is 0.814. The van der Waals surface area contributed by atoms with Crippen molar-refractivity contribution in [3.8, 4) is 5.75 Å². The van der Waals surface area contributed by atoms with Crippen molar-refractivity contribution in [3.63, 3.8) is 0 Å². The van der Waals surface area contributed by atoms with Crippen molar-refractivity contribution in [2.75, 3.05) is 7.11 Å². The molecule has 5 nitrogen and oxygen atoms in total. The average molecular weight is 389 g/mol. The number of imide groups is 1. The van der Waals surface area contributed by atoms with E-state index in [2.05, 4.69) is 5.32 Å². The Morgan fingerprint density at radius 2 is 2.11 bits per heavy atom. The van der Waals surface area contributed by atoms with Crippen LogP contribution < -0.4 is 10.1 Å². The van der Waals surface area contributed by atoms with Gasteiger partial charge in [-0.05, 0) is 54.7 Å². The van der Waals surface area contributed by atoms with Gasteiger partial charge in [-0.3, -0.25) is 9.69 Å². The van der Waals surface area contributed by atoms with Gasteiger partial charge >= 0.3 is 6.03 Å². The van der Waals surface area contributed by atoms with Gasteiger partial charge in [-0.1, -0.05) is 23.7 Å². The van der Waals surface area contributed by atoms with Crippen LogP contribution in [0.1, 0.15) is 29.5 Å². The van der Waals surface area contributed by atoms with Gasteiger partial charge in [-0.2, -0.15) is 0 Å². The molecule has 1 heterocycles. The molecule has 140 valence electrons. The number of ether oxygens (including phenoxy) is 1. The van der Waals surface area contributed by atoms with Crippen LogP contribution >= 0.6 is 11.6 Å². The van der Waals surface area contributed by atoms with Crippen LogP contribution in [0.3, 0.4) is 0 Å². The van der Waals surface area contributed by atoms with Crippen molar-refractivity contribution < 1.29 is 18.7 Å². The van der Waals surface area contributed by atoms with Gasteiger partial charge in [0, 0.05) is 10.6 Å². The van der Waals surface area contributed by atoms with Crippen LogP contribution in [0.5, 0.6) is 5.75 Å². The number of hydrogen-bond donors (Lipinski definition) is 1. The van der Waals surface area contributed by atoms with Gasteiger partial charge in [-0.25, -0.2) is 9.18 Å². The molecule has 0 unspecified atom stereocenters. The molecule has 0 saturated carbocycles. The minimum absolute atomic E-state index is 0.130. The van der Waals surface area contributed by atoms with Gasteiger partial charge in [0.2, 0.25) is 0 Å². The molecule has 0 bridgehead atoms. The average Bonchev–Trinajstić information content (AvgIpc) is 2.89. The van der Waals surface area contributed by atoms with E-state index in [4.69, 9.17) is 16.3 Å². The number of aryl methyl sites for hydroxylation is 1. The fourth-order valence-electron chi connectivity index (χ4n) is 3.96. The molecule has 27 heavy (non-hydrogen) atoms. The Morgan fingerprint density at radius 1 is 1.30 bits per heavy atom. The summed E-state index contributed by atoms with van der Waals surface area (Å²) < 4.78 is 19.4. The van der Waals surface area contributed by atoms with Gasteiger partial charge < -0.3 is 10.1 Å². The Hall–Kier alpha value is -2.60. The minimum atomic E-state index is -1.12. The number of carbonyl (C=O) groups excluding carboxylic acids is 2. The topological polar surface area (TPSA) is 58.6 Å². The zero-order chi connectivity index (χ0) is 19.2. The lowest BCUT2D eigenvalue weighted by Gasteiger charge is -2.33. The second kappa shape index (κ2) is 6.53. The molecule has 2 aromatic rings. The summed E-state index contributed by atoms with van der Waals surface area (Å²) in [5, 5.41) is 3.04. The molecule has 1 N–H and O–H groups in total. The van der Waals surface area contributed by atoms with E-state index in [-0.39, 0.29) is 23.0 Å². The summed E-state index contributed by atoms with van der Waals surface area (Å²) in [6, 6.07) is 9.25. The maximum absolute atomic E-state index is 14.1. The highest BCUT2D eigenvalue weighted by atomic mass is 35.5. The van der Waals surface area contributed by atoms with Crippen molar-refractivity contribution in [1.29, 1.82) is 0 Å². The van der Waals surface area contributed by atoms with Crippen LogP contribution in [0.2, 0.25) is 5.02 Å². The number of fused-ring (bicyclic) bond motifs is 2. The van der Waals surface area contributed by atoms with Crippen LogP contribution in [0.4, 0.5) is 9.18 Å². The zero-order valence-corrected chi connectivity index (χ0v) is 15.5. The second-order valence-corrected chi connectivity index (χ2v) is 7.21. The van der Waals surface area contributed by atoms with E-state index in [0.29, 0.717) is 12.2 Å². The van der Waals surface area contributed by atoms with E-state index in [1.807, 2.05) is 12.1 Å². The number of urea groups is 1. The number of benzene rings is 2. The summed E-state index contributed by atoms with van der Waals surface area (Å²) in [7, 11) is 1.59. The molecule has 2 aliphatic rings. The normalized spacial score (nSPS) is 21.4. The summed E-state index contributed by atoms with van der Waals surface area (Å²) in [4.78, 5) is 26.9. The number of halogens is 2. The Morgan fingerprint density at radius 3 is 2.85 bits per heavy atom. The largest absolute Gasteiger partial charge is 0.497 e. The highest BCUT2D eigenvalue weighted by molar-refractivity contribution is 6.31. The number of nitrogens with one attached hydrogen (secondary N) is 1. The summed E-state index contributed by atoms with van der Waals surface area (Å²) in [5.74, 6) is -0.215. The van der Waals surface area contributed by atoms with E-state index < -0.39 is 17.4 Å². The first-order valence-corrected chi connectivity index (χ1v) is 9.08. The third-order valence-electron chi connectivity index (χ3n) is 5.32. The number of rotatable bonds is 3. The first-order valence-electron chi connectivity index (χ1n) is 8.70. The first kappa shape index (κ1) is 17.8. The fraction of sp³-hybridized carbons (Fsp3) is 0.300. The van der Waals surface area contributed by atoms with E-state index >= 15 is 0 Å². The second-order valence-electron chi connectivity index (χ2n) is 6.80. The molecule has 1 spiro atoms. The lowest BCUT2D eigenvalue weighted by atomic mass is 9.76. The SMILES string of the molecule is COc1ccc2c(c1)CCC[C@@]21NC(=O)N(Cc2c(F)cccc2Cl)C1=O. The summed E-state index contributed by atoms with van der Waals surface area (Å²) in [6.07, 6.45) is 2.05. The lowest BCUT2D eigenvalue weighted by Crippen LogP contribution is -2.46. The van der Waals surface area contributed by atoms with Crippen LogP contribution in [0.15, 0.2) is 36.4 Å². The van der Waals surface area contributed by atoms with Crippen molar-refractivity contribution in [2.24, 2.45) is 0 Å². The monoisotopic (exact) mass is 388 g/mol. The maximum Gasteiger partial charge on any atom is 0.325 e. The van der Waals surface area contributed by atoms with E-state index in [1.54, 1.807) is 13.2 Å². The number of hydrogen-bond acceptors (Lipinski definition) is 3.